The fourth-order valence-electron chi connectivity index (χ4n) is 3.15. The van der Waals surface area contributed by atoms with E-state index in [1.54, 1.807) is 11.8 Å². The molecule has 0 bridgehead atoms. The number of nitrogens with zero attached hydrogens (tertiary/aromatic N) is 2. The molecule has 2 atom stereocenters. The molecule has 20 heavy (non-hydrogen) atoms. The van der Waals surface area contributed by atoms with E-state index in [1.165, 1.54) is 0 Å². The molecule has 2 aliphatic heterocycles. The number of nitrogens with one attached hydrogen (secondary N) is 1. The van der Waals surface area contributed by atoms with Crippen molar-refractivity contribution in [1.82, 2.24) is 15.2 Å². The minimum absolute atomic E-state index is 0.154. The number of hydrogen-bond donors (Lipinski definition) is 2. The number of thioether (sulfide) groups is 1. The van der Waals surface area contributed by atoms with Crippen LogP contribution in [0.4, 0.5) is 0 Å². The van der Waals surface area contributed by atoms with Gasteiger partial charge in [0.25, 0.3) is 0 Å². The van der Waals surface area contributed by atoms with Gasteiger partial charge in [-0.1, -0.05) is 19.8 Å². The van der Waals surface area contributed by atoms with Crippen LogP contribution < -0.4 is 11.3 Å². The summed E-state index contributed by atoms with van der Waals surface area (Å²) in [4.78, 5) is 27.8. The highest BCUT2D eigenvalue weighted by Crippen LogP contribution is 2.42. The number of rotatable bonds is 5. The number of nitrogens with two attached hydrogens (primary N) is 1. The third-order valence-corrected chi connectivity index (χ3v) is 5.86. The summed E-state index contributed by atoms with van der Waals surface area (Å²) in [6.45, 7) is 6.07. The van der Waals surface area contributed by atoms with Gasteiger partial charge in [0.2, 0.25) is 11.8 Å². The van der Waals surface area contributed by atoms with Crippen molar-refractivity contribution in [3.63, 3.8) is 0 Å². The minimum Gasteiger partial charge on any atom is -0.327 e. The van der Waals surface area contributed by atoms with Gasteiger partial charge in [0.15, 0.2) is 0 Å². The number of carbonyl (C=O) groups is 2. The molecule has 2 unspecified atom stereocenters. The van der Waals surface area contributed by atoms with Gasteiger partial charge in [-0.3, -0.25) is 19.9 Å². The second-order valence-electron chi connectivity index (χ2n) is 5.70. The average Bonchev–Trinajstić information content (AvgIpc) is 2.82. The topological polar surface area (TPSA) is 78.7 Å². The van der Waals surface area contributed by atoms with E-state index in [-0.39, 0.29) is 22.7 Å². The van der Waals surface area contributed by atoms with E-state index in [9.17, 15) is 9.59 Å². The van der Waals surface area contributed by atoms with Crippen molar-refractivity contribution in [2.24, 2.45) is 5.84 Å². The van der Waals surface area contributed by atoms with E-state index in [0.717, 1.165) is 25.8 Å². The Morgan fingerprint density at radius 2 is 2.30 bits per heavy atom. The molecule has 6 nitrogen and oxygen atoms in total. The van der Waals surface area contributed by atoms with E-state index in [1.807, 2.05) is 4.90 Å². The zero-order chi connectivity index (χ0) is 14.8. The maximum Gasteiger partial charge on any atom is 0.248 e. The maximum absolute atomic E-state index is 11.9. The molecule has 0 aromatic rings. The fourth-order valence-corrected chi connectivity index (χ4v) is 4.64. The van der Waals surface area contributed by atoms with E-state index in [4.69, 9.17) is 5.84 Å². The van der Waals surface area contributed by atoms with Crippen LogP contribution in [0.5, 0.6) is 0 Å². The minimum atomic E-state index is -0.171. The summed E-state index contributed by atoms with van der Waals surface area (Å²) >= 11 is 1.70. The van der Waals surface area contributed by atoms with Crippen LogP contribution in [0.1, 0.15) is 33.1 Å². The number of hydrogen-bond acceptors (Lipinski definition) is 5. The second kappa shape index (κ2) is 6.32. The predicted octanol–water partition coefficient (Wildman–Crippen LogP) is 0.142. The fraction of sp³-hybridized carbons (Fsp3) is 0.846. The van der Waals surface area contributed by atoms with Crippen molar-refractivity contribution >= 4 is 23.6 Å². The average molecular weight is 300 g/mol. The normalized spacial score (nSPS) is 30.4. The van der Waals surface area contributed by atoms with Gasteiger partial charge in [-0.15, -0.1) is 11.8 Å². The van der Waals surface area contributed by atoms with Crippen LogP contribution in [0.2, 0.25) is 0 Å². The molecule has 2 aliphatic rings. The Morgan fingerprint density at radius 1 is 1.55 bits per heavy atom. The van der Waals surface area contributed by atoms with Gasteiger partial charge in [-0.2, -0.15) is 0 Å². The van der Waals surface area contributed by atoms with Crippen LogP contribution in [0, 0.1) is 0 Å². The first-order valence-corrected chi connectivity index (χ1v) is 8.23. The Morgan fingerprint density at radius 3 is 2.95 bits per heavy atom. The molecule has 0 radical (unpaired) electrons. The zero-order valence-electron chi connectivity index (χ0n) is 12.2. The Bertz CT molecular complexity index is 393. The molecule has 3 N–H and O–H groups in total. The molecule has 0 saturated carbocycles. The van der Waals surface area contributed by atoms with Crippen LogP contribution in [-0.2, 0) is 9.59 Å². The quantitative estimate of drug-likeness (QED) is 0.429. The molecule has 2 fully saturated rings. The summed E-state index contributed by atoms with van der Waals surface area (Å²) in [6.07, 6.45) is 3.19. The zero-order valence-corrected chi connectivity index (χ0v) is 13.0. The van der Waals surface area contributed by atoms with Gasteiger partial charge < -0.3 is 4.90 Å². The van der Waals surface area contributed by atoms with Crippen LogP contribution in [0.15, 0.2) is 0 Å². The monoisotopic (exact) mass is 300 g/mol. The Balaban J connectivity index is 2.18. The first-order chi connectivity index (χ1) is 9.52. The molecule has 2 saturated heterocycles. The number of hydrazine groups is 1. The largest absolute Gasteiger partial charge is 0.327 e. The molecule has 2 amide bonds. The van der Waals surface area contributed by atoms with Crippen molar-refractivity contribution in [1.29, 1.82) is 0 Å². The lowest BCUT2D eigenvalue weighted by Gasteiger charge is -2.51. The van der Waals surface area contributed by atoms with Gasteiger partial charge in [0, 0.05) is 18.6 Å². The molecule has 0 aliphatic carbocycles. The summed E-state index contributed by atoms with van der Waals surface area (Å²) in [6, 6.07) is 0. The SMILES string of the molecule is CCCCC1(C)C2SCC(=O)N2CCN1CC(=O)NN. The summed E-state index contributed by atoms with van der Waals surface area (Å²) < 4.78 is 0. The number of fused-ring (bicyclic) bond motifs is 1. The lowest BCUT2D eigenvalue weighted by atomic mass is 9.89. The van der Waals surface area contributed by atoms with Crippen molar-refractivity contribution in [2.45, 2.75) is 44.0 Å². The molecule has 7 heteroatoms. The lowest BCUT2D eigenvalue weighted by molar-refractivity contribution is -0.135. The van der Waals surface area contributed by atoms with Crippen molar-refractivity contribution < 1.29 is 9.59 Å². The number of piperazine rings is 1. The number of unbranched alkanes of at least 4 members (excludes halogenated alkanes) is 1. The molecule has 0 spiro atoms. The van der Waals surface area contributed by atoms with Crippen LogP contribution in [0.3, 0.4) is 0 Å². The summed E-state index contributed by atoms with van der Waals surface area (Å²) in [5.74, 6) is 5.83. The van der Waals surface area contributed by atoms with Crippen LogP contribution in [0.25, 0.3) is 0 Å². The Labute approximate surface area is 124 Å². The van der Waals surface area contributed by atoms with Gasteiger partial charge >= 0.3 is 0 Å². The molecule has 114 valence electrons. The number of amides is 2. The third kappa shape index (κ3) is 2.80. The van der Waals surface area contributed by atoms with E-state index < -0.39 is 0 Å². The van der Waals surface area contributed by atoms with Gasteiger partial charge in [0.1, 0.15) is 0 Å². The van der Waals surface area contributed by atoms with Crippen molar-refractivity contribution in [2.75, 3.05) is 25.4 Å². The smallest absolute Gasteiger partial charge is 0.248 e. The molecule has 0 aromatic heterocycles. The molecule has 0 aromatic carbocycles. The van der Waals surface area contributed by atoms with Gasteiger partial charge in [-0.25, -0.2) is 5.84 Å². The summed E-state index contributed by atoms with van der Waals surface area (Å²) in [5, 5.41) is 0.154. The highest BCUT2D eigenvalue weighted by molar-refractivity contribution is 8.01. The summed E-state index contributed by atoms with van der Waals surface area (Å²) in [5.41, 5.74) is 2.05. The van der Waals surface area contributed by atoms with E-state index in [0.29, 0.717) is 18.8 Å². The van der Waals surface area contributed by atoms with Crippen molar-refractivity contribution in [3.8, 4) is 0 Å². The number of carbonyl (C=O) groups excluding carboxylic acids is 2. The Hall–Kier alpha value is -0.790. The third-order valence-electron chi connectivity index (χ3n) is 4.37. The van der Waals surface area contributed by atoms with E-state index >= 15 is 0 Å². The second-order valence-corrected chi connectivity index (χ2v) is 6.77. The highest BCUT2D eigenvalue weighted by Gasteiger charge is 2.50. The highest BCUT2D eigenvalue weighted by atomic mass is 32.2. The Kier molecular flexibility index (Phi) is 4.93. The molecular weight excluding hydrogens is 276 g/mol. The predicted molar refractivity (Wildman–Crippen MR) is 79.8 cm³/mol. The first-order valence-electron chi connectivity index (χ1n) is 7.18. The molecule has 2 rings (SSSR count). The van der Waals surface area contributed by atoms with Crippen LogP contribution in [-0.4, -0.2) is 57.9 Å². The molecular formula is C13H24N4O2S. The van der Waals surface area contributed by atoms with Gasteiger partial charge in [-0.05, 0) is 13.3 Å². The van der Waals surface area contributed by atoms with E-state index in [2.05, 4.69) is 24.2 Å². The summed E-state index contributed by atoms with van der Waals surface area (Å²) in [7, 11) is 0. The standard InChI is InChI=1S/C13H24N4O2S/c1-3-4-5-13(2)12-17(11(19)9-20-12)7-6-16(13)8-10(18)15-14/h12H,3-9,14H2,1-2H3,(H,15,18). The lowest BCUT2D eigenvalue weighted by Crippen LogP contribution is -2.66. The first kappa shape index (κ1) is 15.6. The van der Waals surface area contributed by atoms with Crippen molar-refractivity contribution in [3.05, 3.63) is 0 Å². The van der Waals surface area contributed by atoms with Gasteiger partial charge in [0.05, 0.1) is 17.7 Å². The van der Waals surface area contributed by atoms with Crippen LogP contribution >= 0.6 is 11.8 Å². The maximum atomic E-state index is 11.9. The molecule has 2 heterocycles.